The van der Waals surface area contributed by atoms with E-state index in [2.05, 4.69) is 33.2 Å². The maximum absolute atomic E-state index is 4.64. The van der Waals surface area contributed by atoms with Crippen molar-refractivity contribution in [3.63, 3.8) is 0 Å². The summed E-state index contributed by atoms with van der Waals surface area (Å²) in [6.07, 6.45) is 6.36. The second kappa shape index (κ2) is 6.08. The second-order valence-electron chi connectivity index (χ2n) is 6.26. The van der Waals surface area contributed by atoms with E-state index < -0.39 is 0 Å². The van der Waals surface area contributed by atoms with Gasteiger partial charge in [-0.15, -0.1) is 0 Å². The van der Waals surface area contributed by atoms with Crippen molar-refractivity contribution in [2.24, 2.45) is 5.92 Å². The number of anilines is 1. The summed E-state index contributed by atoms with van der Waals surface area (Å²) < 4.78 is 0. The predicted octanol–water partition coefficient (Wildman–Crippen LogP) is 2.32. The molecule has 4 heteroatoms. The fraction of sp³-hybridized carbons (Fsp3) is 0.750. The molecule has 0 spiro atoms. The molecule has 3 rings (SSSR count). The van der Waals surface area contributed by atoms with Gasteiger partial charge in [0.25, 0.3) is 0 Å². The molecule has 1 unspecified atom stereocenters. The van der Waals surface area contributed by atoms with Crippen molar-refractivity contribution < 1.29 is 0 Å². The van der Waals surface area contributed by atoms with E-state index in [0.717, 1.165) is 48.8 Å². The fourth-order valence-electron chi connectivity index (χ4n) is 3.02. The van der Waals surface area contributed by atoms with E-state index in [-0.39, 0.29) is 0 Å². The molecule has 0 aromatic carbocycles. The number of aryl methyl sites for hydroxylation is 2. The summed E-state index contributed by atoms with van der Waals surface area (Å²) in [4.78, 5) is 11.6. The number of rotatable bonds is 5. The van der Waals surface area contributed by atoms with Gasteiger partial charge in [-0.1, -0.05) is 6.92 Å². The first-order valence-corrected chi connectivity index (χ1v) is 8.07. The van der Waals surface area contributed by atoms with Gasteiger partial charge < -0.3 is 10.2 Å². The average Bonchev–Trinajstić information content (AvgIpc) is 3.29. The van der Waals surface area contributed by atoms with Gasteiger partial charge in [0.05, 0.1) is 0 Å². The summed E-state index contributed by atoms with van der Waals surface area (Å²) in [5.41, 5.74) is 1.16. The van der Waals surface area contributed by atoms with E-state index in [1.807, 2.05) is 6.92 Å². The Bertz CT molecular complexity index is 456. The predicted molar refractivity (Wildman–Crippen MR) is 82.1 cm³/mol. The summed E-state index contributed by atoms with van der Waals surface area (Å²) in [6.45, 7) is 7.60. The SMILES string of the molecule is CCc1cc(N2CCCC(CNC3CC3)C2)nc(C)n1. The van der Waals surface area contributed by atoms with Gasteiger partial charge >= 0.3 is 0 Å². The maximum Gasteiger partial charge on any atom is 0.132 e. The number of hydrogen-bond donors (Lipinski definition) is 1. The van der Waals surface area contributed by atoms with E-state index in [9.17, 15) is 0 Å². The maximum atomic E-state index is 4.64. The first kappa shape index (κ1) is 13.8. The van der Waals surface area contributed by atoms with Crippen molar-refractivity contribution in [1.29, 1.82) is 0 Å². The third kappa shape index (κ3) is 3.48. The highest BCUT2D eigenvalue weighted by Crippen LogP contribution is 2.24. The van der Waals surface area contributed by atoms with Crippen LogP contribution in [0.4, 0.5) is 5.82 Å². The fourth-order valence-corrected chi connectivity index (χ4v) is 3.02. The Morgan fingerprint density at radius 3 is 2.90 bits per heavy atom. The third-order valence-electron chi connectivity index (χ3n) is 4.36. The zero-order valence-corrected chi connectivity index (χ0v) is 12.7. The zero-order valence-electron chi connectivity index (χ0n) is 12.7. The van der Waals surface area contributed by atoms with Crippen LogP contribution in [0.3, 0.4) is 0 Å². The topological polar surface area (TPSA) is 41.0 Å². The monoisotopic (exact) mass is 274 g/mol. The Morgan fingerprint density at radius 2 is 2.15 bits per heavy atom. The number of nitrogens with zero attached hydrogens (tertiary/aromatic N) is 3. The van der Waals surface area contributed by atoms with Crippen molar-refractivity contribution >= 4 is 5.82 Å². The molecule has 1 atom stereocenters. The van der Waals surface area contributed by atoms with Crippen molar-refractivity contribution in [2.45, 2.75) is 52.0 Å². The number of piperidine rings is 1. The molecule has 1 aliphatic carbocycles. The van der Waals surface area contributed by atoms with Gasteiger partial charge in [0.1, 0.15) is 11.6 Å². The minimum Gasteiger partial charge on any atom is -0.356 e. The van der Waals surface area contributed by atoms with Crippen molar-refractivity contribution in [3.8, 4) is 0 Å². The number of aromatic nitrogens is 2. The molecule has 1 N–H and O–H groups in total. The highest BCUT2D eigenvalue weighted by molar-refractivity contribution is 5.40. The lowest BCUT2D eigenvalue weighted by atomic mass is 9.98. The highest BCUT2D eigenvalue weighted by Gasteiger charge is 2.25. The third-order valence-corrected chi connectivity index (χ3v) is 4.36. The summed E-state index contributed by atoms with van der Waals surface area (Å²) in [6, 6.07) is 2.99. The Labute approximate surface area is 122 Å². The molecule has 0 bridgehead atoms. The van der Waals surface area contributed by atoms with Crippen LogP contribution in [0.5, 0.6) is 0 Å². The lowest BCUT2D eigenvalue weighted by Gasteiger charge is -2.34. The van der Waals surface area contributed by atoms with Crippen LogP contribution in [0, 0.1) is 12.8 Å². The van der Waals surface area contributed by atoms with Crippen LogP contribution in [0.25, 0.3) is 0 Å². The molecule has 1 saturated heterocycles. The van der Waals surface area contributed by atoms with Crippen LogP contribution >= 0.6 is 0 Å². The molecular formula is C16H26N4. The number of nitrogens with one attached hydrogen (secondary N) is 1. The van der Waals surface area contributed by atoms with Gasteiger partial charge in [-0.2, -0.15) is 0 Å². The largest absolute Gasteiger partial charge is 0.356 e. The Hall–Kier alpha value is -1.16. The molecular weight excluding hydrogens is 248 g/mol. The molecule has 0 amide bonds. The summed E-state index contributed by atoms with van der Waals surface area (Å²) in [7, 11) is 0. The second-order valence-corrected chi connectivity index (χ2v) is 6.26. The highest BCUT2D eigenvalue weighted by atomic mass is 15.2. The van der Waals surface area contributed by atoms with Crippen LogP contribution in [0.2, 0.25) is 0 Å². The van der Waals surface area contributed by atoms with Crippen LogP contribution in [-0.2, 0) is 6.42 Å². The minimum absolute atomic E-state index is 0.768. The molecule has 2 fully saturated rings. The summed E-state index contributed by atoms with van der Waals surface area (Å²) in [5.74, 6) is 2.80. The first-order chi connectivity index (χ1) is 9.74. The van der Waals surface area contributed by atoms with Crippen molar-refractivity contribution in [1.82, 2.24) is 15.3 Å². The molecule has 110 valence electrons. The van der Waals surface area contributed by atoms with Crippen molar-refractivity contribution in [2.75, 3.05) is 24.5 Å². The summed E-state index contributed by atoms with van der Waals surface area (Å²) >= 11 is 0. The zero-order chi connectivity index (χ0) is 13.9. The lowest BCUT2D eigenvalue weighted by molar-refractivity contribution is 0.389. The Balaban J connectivity index is 1.64. The molecule has 1 saturated carbocycles. The lowest BCUT2D eigenvalue weighted by Crippen LogP contribution is -2.40. The van der Waals surface area contributed by atoms with E-state index >= 15 is 0 Å². The standard InChI is InChI=1S/C16H26N4/c1-3-14-9-16(19-12(2)18-14)20-8-4-5-13(11-20)10-17-15-6-7-15/h9,13,15,17H,3-8,10-11H2,1-2H3. The van der Waals surface area contributed by atoms with E-state index in [1.165, 1.54) is 32.2 Å². The van der Waals surface area contributed by atoms with E-state index in [0.29, 0.717) is 0 Å². The first-order valence-electron chi connectivity index (χ1n) is 8.07. The van der Waals surface area contributed by atoms with Gasteiger partial charge in [0, 0.05) is 30.9 Å². The van der Waals surface area contributed by atoms with E-state index in [4.69, 9.17) is 0 Å². The molecule has 1 aromatic rings. The molecule has 1 aliphatic heterocycles. The Morgan fingerprint density at radius 1 is 1.30 bits per heavy atom. The van der Waals surface area contributed by atoms with Crippen LogP contribution in [-0.4, -0.2) is 35.6 Å². The van der Waals surface area contributed by atoms with Crippen LogP contribution in [0.1, 0.15) is 44.1 Å². The number of hydrogen-bond acceptors (Lipinski definition) is 4. The van der Waals surface area contributed by atoms with Crippen molar-refractivity contribution in [3.05, 3.63) is 17.6 Å². The molecule has 1 aromatic heterocycles. The minimum atomic E-state index is 0.768. The summed E-state index contributed by atoms with van der Waals surface area (Å²) in [5, 5.41) is 3.67. The average molecular weight is 274 g/mol. The molecule has 2 aliphatic rings. The van der Waals surface area contributed by atoms with Gasteiger partial charge in [0.2, 0.25) is 0 Å². The van der Waals surface area contributed by atoms with Gasteiger partial charge in [-0.3, -0.25) is 0 Å². The van der Waals surface area contributed by atoms with Gasteiger partial charge in [-0.25, -0.2) is 9.97 Å². The quantitative estimate of drug-likeness (QED) is 0.894. The van der Waals surface area contributed by atoms with Crippen LogP contribution < -0.4 is 10.2 Å². The molecule has 20 heavy (non-hydrogen) atoms. The van der Waals surface area contributed by atoms with Crippen LogP contribution in [0.15, 0.2) is 6.07 Å². The molecule has 4 nitrogen and oxygen atoms in total. The van der Waals surface area contributed by atoms with E-state index in [1.54, 1.807) is 0 Å². The smallest absolute Gasteiger partial charge is 0.132 e. The van der Waals surface area contributed by atoms with Gasteiger partial charge in [-0.05, 0) is 51.5 Å². The molecule has 0 radical (unpaired) electrons. The molecule has 2 heterocycles. The normalized spacial score (nSPS) is 23.1. The van der Waals surface area contributed by atoms with Gasteiger partial charge in [0.15, 0.2) is 0 Å². The Kier molecular flexibility index (Phi) is 4.20.